The van der Waals surface area contributed by atoms with E-state index < -0.39 is 18.1 Å². The number of alkyl carbamates (subject to hydrolysis) is 1. The molecule has 0 heterocycles. The monoisotopic (exact) mass is 442 g/mol. The van der Waals surface area contributed by atoms with E-state index in [0.717, 1.165) is 11.1 Å². The minimum Gasteiger partial charge on any atom is -0.481 e. The Morgan fingerprint density at radius 2 is 1.68 bits per heavy atom. The largest absolute Gasteiger partial charge is 0.481 e. The van der Waals surface area contributed by atoms with E-state index in [0.29, 0.717) is 12.3 Å². The first kappa shape index (κ1) is 22.7. The van der Waals surface area contributed by atoms with Gasteiger partial charge in [-0.05, 0) is 29.2 Å². The van der Waals surface area contributed by atoms with Crippen LogP contribution in [0.4, 0.5) is 4.79 Å². The quantitative estimate of drug-likeness (QED) is 0.488. The third kappa shape index (κ3) is 6.24. The summed E-state index contributed by atoms with van der Waals surface area (Å²) in [6.07, 6.45) is -0.596. The lowest BCUT2D eigenvalue weighted by molar-refractivity contribution is -0.137. The third-order valence-corrected chi connectivity index (χ3v) is 5.94. The van der Waals surface area contributed by atoms with Crippen LogP contribution in [0, 0.1) is 0 Å². The molecule has 2 aromatic rings. The molecule has 8 heteroatoms. The molecule has 0 aromatic heterocycles. The zero-order valence-electron chi connectivity index (χ0n) is 17.3. The van der Waals surface area contributed by atoms with E-state index in [2.05, 4.69) is 34.9 Å². The third-order valence-electron chi connectivity index (χ3n) is 4.98. The van der Waals surface area contributed by atoms with Crippen LogP contribution in [0.1, 0.15) is 30.4 Å². The lowest BCUT2D eigenvalue weighted by Crippen LogP contribution is -2.35. The molecule has 164 valence electrons. The second-order valence-electron chi connectivity index (χ2n) is 7.37. The number of carbonyl (C=O) groups is 3. The lowest BCUT2D eigenvalue weighted by atomic mass is 9.98. The maximum absolute atomic E-state index is 12.1. The summed E-state index contributed by atoms with van der Waals surface area (Å²) in [5.74, 6) is -0.405. The van der Waals surface area contributed by atoms with Crippen LogP contribution in [-0.4, -0.2) is 53.8 Å². The Balaban J connectivity index is 1.37. The number of carboxylic acids is 1. The van der Waals surface area contributed by atoms with Gasteiger partial charge in [-0.15, -0.1) is 0 Å². The SMILES string of the molecule is CC(CC(=O)O)NC(=O)CSCCNC(=O)OCC1c2ccccc2-c2ccccc21. The molecule has 0 aliphatic heterocycles. The smallest absolute Gasteiger partial charge is 0.407 e. The summed E-state index contributed by atoms with van der Waals surface area (Å²) in [5.41, 5.74) is 4.68. The maximum atomic E-state index is 12.1. The number of ether oxygens (including phenoxy) is 1. The molecule has 3 N–H and O–H groups in total. The molecule has 1 aliphatic carbocycles. The van der Waals surface area contributed by atoms with Gasteiger partial charge in [-0.3, -0.25) is 9.59 Å². The number of amides is 2. The summed E-state index contributed by atoms with van der Waals surface area (Å²) in [6.45, 7) is 2.28. The summed E-state index contributed by atoms with van der Waals surface area (Å²) in [7, 11) is 0. The summed E-state index contributed by atoms with van der Waals surface area (Å²) >= 11 is 1.36. The molecule has 1 atom stereocenters. The Kier molecular flexibility index (Phi) is 7.94. The van der Waals surface area contributed by atoms with E-state index in [1.54, 1.807) is 6.92 Å². The van der Waals surface area contributed by atoms with E-state index in [1.807, 2.05) is 24.3 Å². The molecule has 0 saturated heterocycles. The minimum absolute atomic E-state index is 0.0176. The highest BCUT2D eigenvalue weighted by molar-refractivity contribution is 7.99. The first-order valence-electron chi connectivity index (χ1n) is 10.1. The van der Waals surface area contributed by atoms with E-state index in [4.69, 9.17) is 9.84 Å². The van der Waals surface area contributed by atoms with Crippen molar-refractivity contribution in [1.82, 2.24) is 10.6 Å². The second-order valence-corrected chi connectivity index (χ2v) is 8.48. The normalized spacial score (nSPS) is 13.1. The number of nitrogens with one attached hydrogen (secondary N) is 2. The fraction of sp³-hybridized carbons (Fsp3) is 0.348. The average Bonchev–Trinajstić information content (AvgIpc) is 3.05. The van der Waals surface area contributed by atoms with Gasteiger partial charge in [-0.2, -0.15) is 11.8 Å². The molecule has 31 heavy (non-hydrogen) atoms. The molecule has 2 aromatic carbocycles. The van der Waals surface area contributed by atoms with Crippen LogP contribution in [0.15, 0.2) is 48.5 Å². The summed E-state index contributed by atoms with van der Waals surface area (Å²) in [5, 5.41) is 14.0. The number of carboxylic acid groups (broad SMARTS) is 1. The summed E-state index contributed by atoms with van der Waals surface area (Å²) in [4.78, 5) is 34.4. The van der Waals surface area contributed by atoms with Gasteiger partial charge in [-0.1, -0.05) is 48.5 Å². The van der Waals surface area contributed by atoms with E-state index in [1.165, 1.54) is 22.9 Å². The summed E-state index contributed by atoms with van der Waals surface area (Å²) in [6, 6.07) is 15.9. The van der Waals surface area contributed by atoms with Crippen LogP contribution in [0.2, 0.25) is 0 Å². The predicted molar refractivity (Wildman–Crippen MR) is 120 cm³/mol. The van der Waals surface area contributed by atoms with Gasteiger partial charge in [-0.25, -0.2) is 4.79 Å². The molecular weight excluding hydrogens is 416 g/mol. The molecule has 0 radical (unpaired) electrons. The first-order valence-corrected chi connectivity index (χ1v) is 11.3. The van der Waals surface area contributed by atoms with Crippen LogP contribution >= 0.6 is 11.8 Å². The van der Waals surface area contributed by atoms with E-state index in [-0.39, 0.29) is 30.6 Å². The van der Waals surface area contributed by atoms with Crippen LogP contribution in [0.5, 0.6) is 0 Å². The molecule has 1 aliphatic rings. The number of hydrogen-bond donors (Lipinski definition) is 3. The van der Waals surface area contributed by atoms with Crippen molar-refractivity contribution in [3.05, 3.63) is 59.7 Å². The zero-order chi connectivity index (χ0) is 22.2. The van der Waals surface area contributed by atoms with Crippen molar-refractivity contribution in [2.24, 2.45) is 0 Å². The van der Waals surface area contributed by atoms with E-state index in [9.17, 15) is 14.4 Å². The fourth-order valence-electron chi connectivity index (χ4n) is 3.67. The summed E-state index contributed by atoms with van der Waals surface area (Å²) < 4.78 is 5.46. The lowest BCUT2D eigenvalue weighted by Gasteiger charge is -2.14. The van der Waals surface area contributed by atoms with Gasteiger partial charge < -0.3 is 20.5 Å². The number of rotatable bonds is 10. The van der Waals surface area contributed by atoms with E-state index >= 15 is 0 Å². The van der Waals surface area contributed by atoms with Crippen LogP contribution in [0.3, 0.4) is 0 Å². The first-order chi connectivity index (χ1) is 15.0. The molecule has 2 amide bonds. The molecule has 1 unspecified atom stereocenters. The van der Waals surface area contributed by atoms with Gasteiger partial charge in [0.1, 0.15) is 6.61 Å². The zero-order valence-corrected chi connectivity index (χ0v) is 18.1. The number of carbonyl (C=O) groups excluding carboxylic acids is 2. The Labute approximate surface area is 185 Å². The highest BCUT2D eigenvalue weighted by atomic mass is 32.2. The maximum Gasteiger partial charge on any atom is 0.407 e. The fourth-order valence-corrected chi connectivity index (χ4v) is 4.33. The number of fused-ring (bicyclic) bond motifs is 3. The number of aliphatic carboxylic acids is 1. The molecular formula is C23H26N2O5S. The average molecular weight is 443 g/mol. The number of benzene rings is 2. The van der Waals surface area contributed by atoms with Gasteiger partial charge in [0.15, 0.2) is 0 Å². The molecule has 0 spiro atoms. The van der Waals surface area contributed by atoms with Crippen LogP contribution in [-0.2, 0) is 14.3 Å². The minimum atomic E-state index is -0.951. The second kappa shape index (κ2) is 10.9. The van der Waals surface area contributed by atoms with Crippen molar-refractivity contribution in [2.75, 3.05) is 24.7 Å². The molecule has 7 nitrogen and oxygen atoms in total. The predicted octanol–water partition coefficient (Wildman–Crippen LogP) is 3.24. The van der Waals surface area contributed by atoms with Crippen molar-refractivity contribution < 1.29 is 24.2 Å². The highest BCUT2D eigenvalue weighted by Gasteiger charge is 2.28. The van der Waals surface area contributed by atoms with Gasteiger partial charge >= 0.3 is 12.1 Å². The Morgan fingerprint density at radius 3 is 2.29 bits per heavy atom. The Morgan fingerprint density at radius 1 is 1.06 bits per heavy atom. The van der Waals surface area contributed by atoms with Crippen molar-refractivity contribution in [2.45, 2.75) is 25.3 Å². The Bertz CT molecular complexity index is 904. The van der Waals surface area contributed by atoms with Gasteiger partial charge in [0.05, 0.1) is 12.2 Å². The number of hydrogen-bond acceptors (Lipinski definition) is 5. The van der Waals surface area contributed by atoms with Gasteiger partial charge in [0.2, 0.25) is 5.91 Å². The van der Waals surface area contributed by atoms with Gasteiger partial charge in [0, 0.05) is 24.3 Å². The topological polar surface area (TPSA) is 105 Å². The van der Waals surface area contributed by atoms with Crippen LogP contribution < -0.4 is 10.6 Å². The molecule has 3 rings (SSSR count). The highest BCUT2D eigenvalue weighted by Crippen LogP contribution is 2.44. The Hall–Kier alpha value is -3.00. The number of thioether (sulfide) groups is 1. The van der Waals surface area contributed by atoms with Crippen LogP contribution in [0.25, 0.3) is 11.1 Å². The molecule has 0 saturated carbocycles. The standard InChI is InChI=1S/C23H26N2O5S/c1-15(12-22(27)28)25-21(26)14-31-11-10-24-23(29)30-13-20-18-8-4-2-6-16(18)17-7-3-5-9-19(17)20/h2-9,15,20H,10-14H2,1H3,(H,24,29)(H,25,26)(H,27,28). The molecule has 0 bridgehead atoms. The molecule has 0 fully saturated rings. The van der Waals surface area contributed by atoms with Crippen molar-refractivity contribution in [3.8, 4) is 11.1 Å². The van der Waals surface area contributed by atoms with Gasteiger partial charge in [0.25, 0.3) is 0 Å². The van der Waals surface area contributed by atoms with Crippen molar-refractivity contribution in [3.63, 3.8) is 0 Å². The van der Waals surface area contributed by atoms with Crippen molar-refractivity contribution >= 4 is 29.7 Å². The van der Waals surface area contributed by atoms with Crippen molar-refractivity contribution in [1.29, 1.82) is 0 Å².